The zero-order chi connectivity index (χ0) is 15.1. The Balaban J connectivity index is 1.88. The number of fused-ring (bicyclic) bond motifs is 2. The van der Waals surface area contributed by atoms with Gasteiger partial charge in [-0.2, -0.15) is 0 Å². The predicted molar refractivity (Wildman–Crippen MR) is 93.7 cm³/mol. The molecule has 4 rings (SSSR count). The van der Waals surface area contributed by atoms with E-state index < -0.39 is 0 Å². The van der Waals surface area contributed by atoms with Crippen LogP contribution in [0.25, 0.3) is 28.1 Å². The first-order chi connectivity index (χ1) is 10.7. The number of pyridine rings is 1. The Hall–Kier alpha value is -2.41. The maximum Gasteiger partial charge on any atom is 0.0702 e. The van der Waals surface area contributed by atoms with Gasteiger partial charge in [-0.15, -0.1) is 0 Å². The number of rotatable bonds is 2. The molecule has 0 aliphatic heterocycles. The Morgan fingerprint density at radius 2 is 1.86 bits per heavy atom. The van der Waals surface area contributed by atoms with E-state index in [0.29, 0.717) is 5.92 Å². The summed E-state index contributed by atoms with van der Waals surface area (Å²) in [6.45, 7) is 4.55. The molecule has 0 fully saturated rings. The topological polar surface area (TPSA) is 12.9 Å². The molecule has 3 aromatic rings. The van der Waals surface area contributed by atoms with Gasteiger partial charge in [-0.05, 0) is 41.2 Å². The molecule has 0 unspecified atom stereocenters. The van der Waals surface area contributed by atoms with E-state index in [0.717, 1.165) is 11.9 Å². The van der Waals surface area contributed by atoms with E-state index in [1.54, 1.807) is 0 Å². The summed E-state index contributed by atoms with van der Waals surface area (Å²) in [5.41, 5.74) is 7.90. The molecule has 1 heteroatoms. The van der Waals surface area contributed by atoms with Gasteiger partial charge in [0.2, 0.25) is 0 Å². The molecule has 0 radical (unpaired) electrons. The van der Waals surface area contributed by atoms with Gasteiger partial charge in [0.25, 0.3) is 0 Å². The highest BCUT2D eigenvalue weighted by Gasteiger charge is 2.18. The number of para-hydroxylation sites is 1. The Bertz CT molecular complexity index is 887. The molecule has 0 bridgehead atoms. The molecule has 2 aromatic carbocycles. The first-order valence-electron chi connectivity index (χ1n) is 7.90. The smallest absolute Gasteiger partial charge is 0.0702 e. The summed E-state index contributed by atoms with van der Waals surface area (Å²) in [7, 11) is 0. The normalized spacial score (nSPS) is 13.5. The van der Waals surface area contributed by atoms with E-state index in [1.165, 1.54) is 33.2 Å². The molecule has 1 nitrogen and oxygen atoms in total. The minimum atomic E-state index is 0.606. The summed E-state index contributed by atoms with van der Waals surface area (Å²) in [4.78, 5) is 4.62. The van der Waals surface area contributed by atoms with Gasteiger partial charge in [-0.3, -0.25) is 4.98 Å². The van der Waals surface area contributed by atoms with Crippen molar-refractivity contribution in [3.63, 3.8) is 0 Å². The van der Waals surface area contributed by atoms with Crippen LogP contribution in [0.4, 0.5) is 0 Å². The van der Waals surface area contributed by atoms with Crippen molar-refractivity contribution >= 4 is 17.0 Å². The van der Waals surface area contributed by atoms with Crippen LogP contribution >= 0.6 is 0 Å². The minimum absolute atomic E-state index is 0.606. The highest BCUT2D eigenvalue weighted by atomic mass is 14.6. The fourth-order valence-corrected chi connectivity index (χ4v) is 3.23. The second kappa shape index (κ2) is 5.10. The molecule has 0 saturated heterocycles. The van der Waals surface area contributed by atoms with Crippen molar-refractivity contribution in [2.75, 3.05) is 0 Å². The highest BCUT2D eigenvalue weighted by molar-refractivity contribution is 5.87. The number of benzene rings is 2. The van der Waals surface area contributed by atoms with E-state index in [1.807, 2.05) is 12.3 Å². The van der Waals surface area contributed by atoms with Crippen molar-refractivity contribution < 1.29 is 0 Å². The van der Waals surface area contributed by atoms with Crippen LogP contribution < -0.4 is 0 Å². The van der Waals surface area contributed by atoms with E-state index >= 15 is 0 Å². The van der Waals surface area contributed by atoms with Gasteiger partial charge in [-0.25, -0.2) is 0 Å². The summed E-state index contributed by atoms with van der Waals surface area (Å²) in [5, 5.41) is 1.20. The molecule has 108 valence electrons. The standard InChI is InChI=1S/C21H19N/c1-14(2)17-10-15-7-5-8-19(20(15)12-17)18-11-16-6-3-4-9-21(16)22-13-18/h3-9,11-14H,10H2,1-2H3. The zero-order valence-electron chi connectivity index (χ0n) is 13.0. The fourth-order valence-electron chi connectivity index (χ4n) is 3.23. The van der Waals surface area contributed by atoms with E-state index in [4.69, 9.17) is 0 Å². The van der Waals surface area contributed by atoms with Gasteiger partial charge in [0.1, 0.15) is 0 Å². The lowest BCUT2D eigenvalue weighted by Crippen LogP contribution is -1.93. The molecule has 1 heterocycles. The Morgan fingerprint density at radius 3 is 2.73 bits per heavy atom. The predicted octanol–water partition coefficient (Wildman–Crippen LogP) is 5.50. The number of allylic oxidation sites excluding steroid dienone is 1. The maximum atomic E-state index is 4.62. The molecule has 1 aromatic heterocycles. The summed E-state index contributed by atoms with van der Waals surface area (Å²) in [6, 6.07) is 17.2. The van der Waals surface area contributed by atoms with Gasteiger partial charge in [0.05, 0.1) is 5.52 Å². The highest BCUT2D eigenvalue weighted by Crippen LogP contribution is 2.36. The van der Waals surface area contributed by atoms with Crippen molar-refractivity contribution in [3.8, 4) is 11.1 Å². The lowest BCUT2D eigenvalue weighted by Gasteiger charge is -2.08. The Kier molecular flexibility index (Phi) is 3.07. The van der Waals surface area contributed by atoms with Crippen molar-refractivity contribution in [1.82, 2.24) is 4.98 Å². The molecule has 0 spiro atoms. The first kappa shape index (κ1) is 13.3. The summed E-state index contributed by atoms with van der Waals surface area (Å²) >= 11 is 0. The molecule has 1 aliphatic rings. The lowest BCUT2D eigenvalue weighted by molar-refractivity contribution is 0.754. The van der Waals surface area contributed by atoms with E-state index in [2.05, 4.69) is 67.4 Å². The molecule has 0 atom stereocenters. The monoisotopic (exact) mass is 285 g/mol. The molecule has 1 aliphatic carbocycles. The van der Waals surface area contributed by atoms with Crippen molar-refractivity contribution in [2.24, 2.45) is 5.92 Å². The van der Waals surface area contributed by atoms with Crippen LogP contribution in [0.1, 0.15) is 25.0 Å². The average molecular weight is 285 g/mol. The molecular formula is C21H19N. The van der Waals surface area contributed by atoms with E-state index in [9.17, 15) is 0 Å². The average Bonchev–Trinajstić information content (AvgIpc) is 2.99. The number of hydrogen-bond donors (Lipinski definition) is 0. The van der Waals surface area contributed by atoms with Crippen molar-refractivity contribution in [1.29, 1.82) is 0 Å². The van der Waals surface area contributed by atoms with Crippen LogP contribution in [0, 0.1) is 5.92 Å². The summed E-state index contributed by atoms with van der Waals surface area (Å²) < 4.78 is 0. The second-order valence-electron chi connectivity index (χ2n) is 6.35. The van der Waals surface area contributed by atoms with Gasteiger partial charge >= 0.3 is 0 Å². The zero-order valence-corrected chi connectivity index (χ0v) is 13.0. The second-order valence-corrected chi connectivity index (χ2v) is 6.35. The Labute approximate surface area is 131 Å². The molecule has 0 N–H and O–H groups in total. The first-order valence-corrected chi connectivity index (χ1v) is 7.90. The van der Waals surface area contributed by atoms with Crippen LogP contribution in [0.5, 0.6) is 0 Å². The third kappa shape index (κ3) is 2.14. The van der Waals surface area contributed by atoms with Crippen LogP contribution in [0.2, 0.25) is 0 Å². The Morgan fingerprint density at radius 1 is 1.00 bits per heavy atom. The lowest BCUT2D eigenvalue weighted by atomic mass is 9.97. The minimum Gasteiger partial charge on any atom is -0.256 e. The maximum absolute atomic E-state index is 4.62. The van der Waals surface area contributed by atoms with E-state index in [-0.39, 0.29) is 0 Å². The van der Waals surface area contributed by atoms with Gasteiger partial charge < -0.3 is 0 Å². The third-order valence-corrected chi connectivity index (χ3v) is 4.56. The molecule has 0 amide bonds. The SMILES string of the molecule is CC(C)C1=Cc2c(cccc2-c2cnc3ccccc3c2)C1. The quantitative estimate of drug-likeness (QED) is 0.606. The van der Waals surface area contributed by atoms with Crippen LogP contribution in [0.15, 0.2) is 60.3 Å². The van der Waals surface area contributed by atoms with Crippen LogP contribution in [0.3, 0.4) is 0 Å². The number of nitrogens with zero attached hydrogens (tertiary/aromatic N) is 1. The van der Waals surface area contributed by atoms with Gasteiger partial charge in [0, 0.05) is 17.1 Å². The van der Waals surface area contributed by atoms with Crippen LogP contribution in [-0.4, -0.2) is 4.98 Å². The molecule has 0 saturated carbocycles. The van der Waals surface area contributed by atoms with Crippen LogP contribution in [-0.2, 0) is 6.42 Å². The molecular weight excluding hydrogens is 266 g/mol. The largest absolute Gasteiger partial charge is 0.256 e. The van der Waals surface area contributed by atoms with Crippen molar-refractivity contribution in [2.45, 2.75) is 20.3 Å². The fraction of sp³-hybridized carbons (Fsp3) is 0.190. The summed E-state index contributed by atoms with van der Waals surface area (Å²) in [5.74, 6) is 0.606. The summed E-state index contributed by atoms with van der Waals surface area (Å²) in [6.07, 6.45) is 5.46. The third-order valence-electron chi connectivity index (χ3n) is 4.56. The number of hydrogen-bond acceptors (Lipinski definition) is 1. The number of aromatic nitrogens is 1. The van der Waals surface area contributed by atoms with Gasteiger partial charge in [0.15, 0.2) is 0 Å². The van der Waals surface area contributed by atoms with Crippen molar-refractivity contribution in [3.05, 3.63) is 71.4 Å². The molecule has 22 heavy (non-hydrogen) atoms. The van der Waals surface area contributed by atoms with Gasteiger partial charge in [-0.1, -0.05) is 61.9 Å².